The Hall–Kier alpha value is -2.08. The molecule has 0 heterocycles. The molecule has 1 aromatic carbocycles. The number of carboxylic acid groups (broad SMARTS) is 1. The minimum atomic E-state index is -1.07. The van der Waals surface area contributed by atoms with Crippen LogP contribution in [0.1, 0.15) is 45.2 Å². The van der Waals surface area contributed by atoms with Gasteiger partial charge in [0.1, 0.15) is 6.04 Å². The molecule has 2 unspecified atom stereocenters. The molecular formula is C17H23ClN2O4. The van der Waals surface area contributed by atoms with Crippen LogP contribution in [0.2, 0.25) is 5.02 Å². The summed E-state index contributed by atoms with van der Waals surface area (Å²) in [4.78, 5) is 34.9. The highest BCUT2D eigenvalue weighted by atomic mass is 35.5. The lowest BCUT2D eigenvalue weighted by molar-refractivity contribution is -0.142. The largest absolute Gasteiger partial charge is 0.480 e. The van der Waals surface area contributed by atoms with Crippen molar-refractivity contribution in [3.63, 3.8) is 0 Å². The average Bonchev–Trinajstić information content (AvgIpc) is 2.45. The monoisotopic (exact) mass is 354 g/mol. The molecule has 0 radical (unpaired) electrons. The van der Waals surface area contributed by atoms with Crippen LogP contribution in [0.5, 0.6) is 0 Å². The summed E-state index contributed by atoms with van der Waals surface area (Å²) < 4.78 is 0. The number of hydrogen-bond donors (Lipinski definition) is 3. The number of carboxylic acids is 1. The van der Waals surface area contributed by atoms with E-state index in [4.69, 9.17) is 11.6 Å². The van der Waals surface area contributed by atoms with Gasteiger partial charge in [-0.1, -0.05) is 37.6 Å². The molecule has 2 amide bonds. The van der Waals surface area contributed by atoms with E-state index in [1.807, 2.05) is 13.8 Å². The lowest BCUT2D eigenvalue weighted by atomic mass is 10.0. The fourth-order valence-electron chi connectivity index (χ4n) is 2.32. The van der Waals surface area contributed by atoms with Gasteiger partial charge < -0.3 is 15.7 Å². The Kier molecular flexibility index (Phi) is 7.71. The van der Waals surface area contributed by atoms with Crippen LogP contribution in [-0.4, -0.2) is 28.9 Å². The SMILES string of the molecule is CC(=O)NC(CC(=O)NC(CC(C)C)C(=O)O)c1ccc(Cl)cc1. The molecule has 0 aliphatic heterocycles. The molecule has 0 bridgehead atoms. The average molecular weight is 355 g/mol. The fraction of sp³-hybridized carbons (Fsp3) is 0.471. The molecule has 2 atom stereocenters. The van der Waals surface area contributed by atoms with Crippen LogP contribution in [-0.2, 0) is 14.4 Å². The molecule has 0 aliphatic rings. The molecule has 1 aromatic rings. The summed E-state index contributed by atoms with van der Waals surface area (Å²) in [5, 5.41) is 15.0. The Morgan fingerprint density at radius 1 is 1.12 bits per heavy atom. The van der Waals surface area contributed by atoms with Gasteiger partial charge in [-0.2, -0.15) is 0 Å². The first-order chi connectivity index (χ1) is 11.2. The van der Waals surface area contributed by atoms with E-state index in [1.54, 1.807) is 24.3 Å². The number of halogens is 1. The highest BCUT2D eigenvalue weighted by Crippen LogP contribution is 2.20. The summed E-state index contributed by atoms with van der Waals surface area (Å²) in [6, 6.07) is 5.29. The highest BCUT2D eigenvalue weighted by molar-refractivity contribution is 6.30. The third-order valence-corrected chi connectivity index (χ3v) is 3.63. The lowest BCUT2D eigenvalue weighted by Gasteiger charge is -2.21. The van der Waals surface area contributed by atoms with Gasteiger partial charge in [0, 0.05) is 11.9 Å². The first-order valence-corrected chi connectivity index (χ1v) is 8.11. The minimum Gasteiger partial charge on any atom is -0.480 e. The van der Waals surface area contributed by atoms with Crippen molar-refractivity contribution < 1.29 is 19.5 Å². The van der Waals surface area contributed by atoms with Crippen LogP contribution < -0.4 is 10.6 Å². The summed E-state index contributed by atoms with van der Waals surface area (Å²) in [7, 11) is 0. The van der Waals surface area contributed by atoms with Gasteiger partial charge >= 0.3 is 5.97 Å². The fourth-order valence-corrected chi connectivity index (χ4v) is 2.45. The maximum absolute atomic E-state index is 12.2. The van der Waals surface area contributed by atoms with Gasteiger partial charge in [-0.25, -0.2) is 4.79 Å². The molecule has 6 nitrogen and oxygen atoms in total. The van der Waals surface area contributed by atoms with E-state index in [0.29, 0.717) is 11.4 Å². The van der Waals surface area contributed by atoms with E-state index in [1.165, 1.54) is 6.92 Å². The van der Waals surface area contributed by atoms with E-state index < -0.39 is 24.0 Å². The van der Waals surface area contributed by atoms with Gasteiger partial charge in [0.2, 0.25) is 11.8 Å². The molecule has 24 heavy (non-hydrogen) atoms. The Labute approximate surface area is 146 Å². The molecule has 0 spiro atoms. The number of amides is 2. The molecule has 0 saturated carbocycles. The number of carbonyl (C=O) groups is 3. The standard InChI is InChI=1S/C17H23ClN2O4/c1-10(2)8-15(17(23)24)20-16(22)9-14(19-11(3)21)12-4-6-13(18)7-5-12/h4-7,10,14-15H,8-9H2,1-3H3,(H,19,21)(H,20,22)(H,23,24). The van der Waals surface area contributed by atoms with Gasteiger partial charge in [-0.05, 0) is 30.0 Å². The number of aliphatic carboxylic acids is 1. The molecule has 0 aromatic heterocycles. The Bertz CT molecular complexity index is 587. The van der Waals surface area contributed by atoms with Crippen molar-refractivity contribution in [1.82, 2.24) is 10.6 Å². The molecule has 132 valence electrons. The van der Waals surface area contributed by atoms with Crippen LogP contribution in [0.25, 0.3) is 0 Å². The van der Waals surface area contributed by atoms with Crippen molar-refractivity contribution in [1.29, 1.82) is 0 Å². The van der Waals surface area contributed by atoms with Gasteiger partial charge in [0.15, 0.2) is 0 Å². The van der Waals surface area contributed by atoms with Gasteiger partial charge in [-0.15, -0.1) is 0 Å². The zero-order valence-electron chi connectivity index (χ0n) is 14.0. The van der Waals surface area contributed by atoms with E-state index in [2.05, 4.69) is 10.6 Å². The number of rotatable bonds is 8. The van der Waals surface area contributed by atoms with E-state index >= 15 is 0 Å². The maximum atomic E-state index is 12.2. The molecule has 1 rings (SSSR count). The third kappa shape index (κ3) is 7.00. The van der Waals surface area contributed by atoms with Crippen molar-refractivity contribution in [2.75, 3.05) is 0 Å². The topological polar surface area (TPSA) is 95.5 Å². The number of nitrogens with one attached hydrogen (secondary N) is 2. The van der Waals surface area contributed by atoms with Crippen LogP contribution in [0.4, 0.5) is 0 Å². The highest BCUT2D eigenvalue weighted by Gasteiger charge is 2.23. The molecule has 0 aliphatic carbocycles. The molecule has 7 heteroatoms. The van der Waals surface area contributed by atoms with E-state index in [9.17, 15) is 19.5 Å². The van der Waals surface area contributed by atoms with Crippen LogP contribution >= 0.6 is 11.6 Å². The predicted molar refractivity (Wildman–Crippen MR) is 91.6 cm³/mol. The zero-order chi connectivity index (χ0) is 18.3. The maximum Gasteiger partial charge on any atom is 0.326 e. The third-order valence-electron chi connectivity index (χ3n) is 3.38. The van der Waals surface area contributed by atoms with Crippen molar-refractivity contribution in [2.24, 2.45) is 5.92 Å². The van der Waals surface area contributed by atoms with Gasteiger partial charge in [0.05, 0.1) is 12.5 Å². The Balaban J connectivity index is 2.81. The Morgan fingerprint density at radius 2 is 1.71 bits per heavy atom. The van der Waals surface area contributed by atoms with Crippen molar-refractivity contribution in [3.05, 3.63) is 34.9 Å². The normalized spacial score (nSPS) is 13.2. The summed E-state index contributed by atoms with van der Waals surface area (Å²) in [5.41, 5.74) is 0.723. The van der Waals surface area contributed by atoms with Gasteiger partial charge in [0.25, 0.3) is 0 Å². The van der Waals surface area contributed by atoms with Crippen LogP contribution in [0, 0.1) is 5.92 Å². The number of benzene rings is 1. The van der Waals surface area contributed by atoms with E-state index in [0.717, 1.165) is 5.56 Å². The summed E-state index contributed by atoms with van der Waals surface area (Å²) in [6.07, 6.45) is 0.288. The van der Waals surface area contributed by atoms with Crippen molar-refractivity contribution >= 4 is 29.4 Å². The summed E-state index contributed by atoms with van der Waals surface area (Å²) in [5.74, 6) is -1.65. The quantitative estimate of drug-likeness (QED) is 0.668. The van der Waals surface area contributed by atoms with Crippen molar-refractivity contribution in [2.45, 2.75) is 45.7 Å². The number of carbonyl (C=O) groups excluding carboxylic acids is 2. The smallest absolute Gasteiger partial charge is 0.326 e. The molecule has 0 saturated heterocycles. The molecule has 0 fully saturated rings. The molecular weight excluding hydrogens is 332 g/mol. The summed E-state index contributed by atoms with van der Waals surface area (Å²) in [6.45, 7) is 5.13. The summed E-state index contributed by atoms with van der Waals surface area (Å²) >= 11 is 5.85. The Morgan fingerprint density at radius 3 is 2.17 bits per heavy atom. The minimum absolute atomic E-state index is 0.0525. The lowest BCUT2D eigenvalue weighted by Crippen LogP contribution is -2.43. The second-order valence-electron chi connectivity index (χ2n) is 6.10. The van der Waals surface area contributed by atoms with Crippen LogP contribution in [0.15, 0.2) is 24.3 Å². The second-order valence-corrected chi connectivity index (χ2v) is 6.53. The zero-order valence-corrected chi connectivity index (χ0v) is 14.8. The van der Waals surface area contributed by atoms with Gasteiger partial charge in [-0.3, -0.25) is 9.59 Å². The first-order valence-electron chi connectivity index (χ1n) is 7.73. The van der Waals surface area contributed by atoms with E-state index in [-0.39, 0.29) is 18.2 Å². The number of hydrogen-bond acceptors (Lipinski definition) is 3. The predicted octanol–water partition coefficient (Wildman–Crippen LogP) is 2.52. The molecule has 3 N–H and O–H groups in total. The second kappa shape index (κ2) is 9.27. The van der Waals surface area contributed by atoms with Crippen LogP contribution in [0.3, 0.4) is 0 Å². The van der Waals surface area contributed by atoms with Crippen molar-refractivity contribution in [3.8, 4) is 0 Å². The first kappa shape index (κ1) is 20.0.